The number of alkyl halides is 3. The van der Waals surface area contributed by atoms with Gasteiger partial charge in [-0.05, 0) is 54.6 Å². The summed E-state index contributed by atoms with van der Waals surface area (Å²) in [5.41, 5.74) is 0.174. The molecule has 1 aliphatic rings. The molecule has 0 saturated carbocycles. The van der Waals surface area contributed by atoms with Crippen LogP contribution < -0.4 is 10.2 Å². The highest BCUT2D eigenvalue weighted by molar-refractivity contribution is 6.34. The number of imide groups is 1. The fourth-order valence-electron chi connectivity index (χ4n) is 3.16. The molecule has 8 heteroatoms. The van der Waals surface area contributed by atoms with Crippen LogP contribution in [0.3, 0.4) is 0 Å². The first kappa shape index (κ1) is 19.4. The average molecular weight is 410 g/mol. The van der Waals surface area contributed by atoms with Crippen molar-refractivity contribution >= 4 is 29.1 Å². The van der Waals surface area contributed by atoms with Crippen molar-refractivity contribution in [2.75, 3.05) is 10.2 Å². The zero-order chi connectivity index (χ0) is 21.5. The number of nitrogens with zero attached hydrogens (tertiary/aromatic N) is 1. The van der Waals surface area contributed by atoms with Gasteiger partial charge in [-0.25, -0.2) is 4.90 Å². The average Bonchev–Trinajstić information content (AvgIpc) is 2.98. The highest BCUT2D eigenvalue weighted by Gasteiger charge is 2.36. The van der Waals surface area contributed by atoms with Gasteiger partial charge in [0.2, 0.25) is 0 Å². The van der Waals surface area contributed by atoms with Gasteiger partial charge in [0.15, 0.2) is 0 Å². The van der Waals surface area contributed by atoms with E-state index in [1.807, 2.05) is 0 Å². The molecule has 150 valence electrons. The molecule has 0 aliphatic carbocycles. The Labute approximate surface area is 168 Å². The summed E-state index contributed by atoms with van der Waals surface area (Å²) < 4.78 is 38.4. The topological polar surface area (TPSA) is 66.5 Å². The van der Waals surface area contributed by atoms with Crippen LogP contribution in [-0.4, -0.2) is 17.7 Å². The largest absolute Gasteiger partial charge is 0.416 e. The van der Waals surface area contributed by atoms with Crippen LogP contribution >= 0.6 is 0 Å². The molecule has 0 saturated heterocycles. The number of carbonyl (C=O) groups excluding carboxylic acids is 3. The molecule has 4 rings (SSSR count). The van der Waals surface area contributed by atoms with Gasteiger partial charge >= 0.3 is 6.18 Å². The van der Waals surface area contributed by atoms with Crippen molar-refractivity contribution in [1.82, 2.24) is 0 Å². The summed E-state index contributed by atoms with van der Waals surface area (Å²) >= 11 is 0. The van der Waals surface area contributed by atoms with E-state index in [-0.39, 0.29) is 16.9 Å². The Morgan fingerprint density at radius 3 is 1.97 bits per heavy atom. The number of hydrogen-bond donors (Lipinski definition) is 1. The fraction of sp³-hybridized carbons (Fsp3) is 0.0455. The summed E-state index contributed by atoms with van der Waals surface area (Å²) in [6.07, 6.45) is -4.52. The molecule has 0 unspecified atom stereocenters. The van der Waals surface area contributed by atoms with Gasteiger partial charge in [-0.1, -0.05) is 18.2 Å². The second kappa shape index (κ2) is 7.14. The minimum atomic E-state index is -4.52. The highest BCUT2D eigenvalue weighted by Crippen LogP contribution is 2.31. The molecule has 3 aromatic carbocycles. The molecule has 1 aliphatic heterocycles. The van der Waals surface area contributed by atoms with Crippen LogP contribution in [0.5, 0.6) is 0 Å². The molecule has 5 nitrogen and oxygen atoms in total. The number of anilines is 2. The summed E-state index contributed by atoms with van der Waals surface area (Å²) in [5.74, 6) is -1.54. The van der Waals surface area contributed by atoms with E-state index in [0.717, 1.165) is 17.0 Å². The maximum absolute atomic E-state index is 12.8. The number of hydrogen-bond acceptors (Lipinski definition) is 3. The number of nitrogens with one attached hydrogen (secondary N) is 1. The monoisotopic (exact) mass is 410 g/mol. The lowest BCUT2D eigenvalue weighted by Gasteiger charge is -2.14. The molecule has 0 fully saturated rings. The summed E-state index contributed by atoms with van der Waals surface area (Å²) in [6.45, 7) is 0. The highest BCUT2D eigenvalue weighted by atomic mass is 19.4. The molecule has 1 N–H and O–H groups in total. The van der Waals surface area contributed by atoms with Crippen LogP contribution in [0.1, 0.15) is 36.6 Å². The molecule has 3 aromatic rings. The van der Waals surface area contributed by atoms with Crippen molar-refractivity contribution in [3.63, 3.8) is 0 Å². The second-order valence-electron chi connectivity index (χ2n) is 6.57. The number of rotatable bonds is 3. The predicted molar refractivity (Wildman–Crippen MR) is 103 cm³/mol. The number of benzene rings is 3. The Hall–Kier alpha value is -3.94. The second-order valence-corrected chi connectivity index (χ2v) is 6.57. The van der Waals surface area contributed by atoms with Gasteiger partial charge in [0, 0.05) is 11.3 Å². The van der Waals surface area contributed by atoms with E-state index in [0.29, 0.717) is 11.1 Å². The number of carbonyl (C=O) groups is 3. The zero-order valence-electron chi connectivity index (χ0n) is 15.2. The van der Waals surface area contributed by atoms with Crippen molar-refractivity contribution < 1.29 is 27.6 Å². The van der Waals surface area contributed by atoms with Gasteiger partial charge in [0.1, 0.15) is 0 Å². The zero-order valence-corrected chi connectivity index (χ0v) is 15.2. The van der Waals surface area contributed by atoms with Crippen molar-refractivity contribution in [1.29, 1.82) is 0 Å². The molecule has 30 heavy (non-hydrogen) atoms. The molecular formula is C22H13F3N2O3. The molecule has 0 bridgehead atoms. The summed E-state index contributed by atoms with van der Waals surface area (Å²) in [6, 6.07) is 16.4. The third-order valence-corrected chi connectivity index (χ3v) is 4.63. The van der Waals surface area contributed by atoms with E-state index in [2.05, 4.69) is 5.32 Å². The number of amides is 3. The molecule has 0 atom stereocenters. The van der Waals surface area contributed by atoms with E-state index >= 15 is 0 Å². The first-order chi connectivity index (χ1) is 14.3. The van der Waals surface area contributed by atoms with E-state index in [9.17, 15) is 27.6 Å². The quantitative estimate of drug-likeness (QED) is 0.634. The first-order valence-corrected chi connectivity index (χ1v) is 8.82. The van der Waals surface area contributed by atoms with E-state index in [1.165, 1.54) is 36.4 Å². The van der Waals surface area contributed by atoms with Gasteiger partial charge in [-0.3, -0.25) is 14.4 Å². The fourth-order valence-corrected chi connectivity index (χ4v) is 3.16. The maximum Gasteiger partial charge on any atom is 0.416 e. The Balaban J connectivity index is 1.53. The molecular weight excluding hydrogens is 397 g/mol. The third kappa shape index (κ3) is 3.43. The van der Waals surface area contributed by atoms with Gasteiger partial charge in [-0.2, -0.15) is 13.2 Å². The third-order valence-electron chi connectivity index (χ3n) is 4.63. The van der Waals surface area contributed by atoms with Gasteiger partial charge < -0.3 is 5.32 Å². The summed E-state index contributed by atoms with van der Waals surface area (Å²) in [4.78, 5) is 38.4. The number of fused-ring (bicyclic) bond motifs is 1. The summed E-state index contributed by atoms with van der Waals surface area (Å²) in [5, 5.41) is 2.40. The van der Waals surface area contributed by atoms with Crippen LogP contribution in [0.4, 0.5) is 24.5 Å². The first-order valence-electron chi connectivity index (χ1n) is 8.82. The Kier molecular flexibility index (Phi) is 4.62. The molecule has 3 amide bonds. The van der Waals surface area contributed by atoms with E-state index in [1.54, 1.807) is 24.3 Å². The Morgan fingerprint density at radius 2 is 1.40 bits per heavy atom. The predicted octanol–water partition coefficient (Wildman–Crippen LogP) is 4.76. The smallest absolute Gasteiger partial charge is 0.322 e. The number of halogens is 3. The van der Waals surface area contributed by atoms with Crippen molar-refractivity contribution in [3.8, 4) is 0 Å². The van der Waals surface area contributed by atoms with Crippen molar-refractivity contribution in [2.24, 2.45) is 0 Å². The lowest BCUT2D eigenvalue weighted by atomic mass is 10.1. The Bertz CT molecular complexity index is 1140. The maximum atomic E-state index is 12.8. The van der Waals surface area contributed by atoms with Crippen molar-refractivity contribution in [2.45, 2.75) is 6.18 Å². The van der Waals surface area contributed by atoms with Gasteiger partial charge in [0.05, 0.1) is 22.4 Å². The Morgan fingerprint density at radius 1 is 0.800 bits per heavy atom. The summed E-state index contributed by atoms with van der Waals surface area (Å²) in [7, 11) is 0. The van der Waals surface area contributed by atoms with E-state index < -0.39 is 29.5 Å². The lowest BCUT2D eigenvalue weighted by Crippen LogP contribution is -2.29. The molecule has 0 spiro atoms. The minimum Gasteiger partial charge on any atom is -0.322 e. The molecule has 0 radical (unpaired) electrons. The van der Waals surface area contributed by atoms with Crippen LogP contribution in [0, 0.1) is 0 Å². The molecule has 1 heterocycles. The minimum absolute atomic E-state index is 0.000695. The van der Waals surface area contributed by atoms with Crippen LogP contribution in [0.15, 0.2) is 72.8 Å². The van der Waals surface area contributed by atoms with Crippen LogP contribution in [-0.2, 0) is 6.18 Å². The standard InChI is InChI=1S/C22H13F3N2O3/c23-22(24,25)14-4-3-5-15(12-14)26-19(28)13-8-10-16(11-9-13)27-20(29)17-6-1-2-7-18(17)21(27)30/h1-12H,(H,26,28). The van der Waals surface area contributed by atoms with Crippen molar-refractivity contribution in [3.05, 3.63) is 95.1 Å². The van der Waals surface area contributed by atoms with Crippen LogP contribution in [0.2, 0.25) is 0 Å². The van der Waals surface area contributed by atoms with E-state index in [4.69, 9.17) is 0 Å². The SMILES string of the molecule is O=C(Nc1cccc(C(F)(F)F)c1)c1ccc(N2C(=O)c3ccccc3C2=O)cc1. The van der Waals surface area contributed by atoms with Crippen LogP contribution in [0.25, 0.3) is 0 Å². The van der Waals surface area contributed by atoms with Gasteiger partial charge in [0.25, 0.3) is 17.7 Å². The van der Waals surface area contributed by atoms with Gasteiger partial charge in [-0.15, -0.1) is 0 Å². The molecule has 0 aromatic heterocycles. The lowest BCUT2D eigenvalue weighted by molar-refractivity contribution is -0.137. The normalized spacial score (nSPS) is 13.4.